The van der Waals surface area contributed by atoms with E-state index in [0.717, 1.165) is 33.5 Å². The van der Waals surface area contributed by atoms with Crippen molar-refractivity contribution in [3.05, 3.63) is 36.9 Å². The Morgan fingerprint density at radius 1 is 1.26 bits per heavy atom. The highest BCUT2D eigenvalue weighted by Crippen LogP contribution is 2.30. The number of nitrogens with one attached hydrogen (secondary N) is 2. The van der Waals surface area contributed by atoms with Crippen molar-refractivity contribution in [3.8, 4) is 17.1 Å². The van der Waals surface area contributed by atoms with Gasteiger partial charge in [0.2, 0.25) is 0 Å². The Bertz CT molecular complexity index is 1030. The summed E-state index contributed by atoms with van der Waals surface area (Å²) in [5.74, 6) is 0.952. The summed E-state index contributed by atoms with van der Waals surface area (Å²) in [5, 5.41) is 19.2. The third-order valence-corrected chi connectivity index (χ3v) is 4.19. The van der Waals surface area contributed by atoms with Crippen LogP contribution in [0.2, 0.25) is 0 Å². The number of aromatic nitrogens is 5. The smallest absolute Gasteiger partial charge is 0.198 e. The molecule has 0 amide bonds. The summed E-state index contributed by atoms with van der Waals surface area (Å²) in [6, 6.07) is 6.34. The van der Waals surface area contributed by atoms with Gasteiger partial charge in [-0.15, -0.1) is 0 Å². The number of hydrogen-bond donors (Lipinski definition) is 3. The number of hydrogen-bond acceptors (Lipinski definition) is 5. The van der Waals surface area contributed by atoms with Crippen LogP contribution in [0.3, 0.4) is 0 Å². The molecule has 1 aromatic carbocycles. The van der Waals surface area contributed by atoms with Gasteiger partial charge in [0, 0.05) is 28.6 Å². The van der Waals surface area contributed by atoms with Crippen LogP contribution in [0.4, 0.5) is 5.82 Å². The lowest BCUT2D eigenvalue weighted by molar-refractivity contribution is 0.462. The minimum atomic E-state index is 0.180. The van der Waals surface area contributed by atoms with Gasteiger partial charge in [0.05, 0.1) is 11.9 Å². The van der Waals surface area contributed by atoms with E-state index in [-0.39, 0.29) is 5.88 Å². The van der Waals surface area contributed by atoms with Crippen molar-refractivity contribution in [2.24, 2.45) is 0 Å². The molecule has 0 radical (unpaired) electrons. The van der Waals surface area contributed by atoms with Crippen LogP contribution in [0.25, 0.3) is 27.7 Å². The molecule has 1 saturated carbocycles. The molecule has 1 fully saturated rings. The molecule has 0 aliphatic heterocycles. The van der Waals surface area contributed by atoms with E-state index < -0.39 is 0 Å². The summed E-state index contributed by atoms with van der Waals surface area (Å²) in [4.78, 5) is 11.7. The van der Waals surface area contributed by atoms with Crippen LogP contribution >= 0.6 is 0 Å². The third-order valence-electron chi connectivity index (χ3n) is 4.19. The normalized spacial score (nSPS) is 14.6. The first kappa shape index (κ1) is 12.5. The van der Waals surface area contributed by atoms with Crippen LogP contribution in [-0.2, 0) is 0 Å². The highest BCUT2D eigenvalue weighted by Gasteiger charge is 2.23. The Balaban J connectivity index is 1.67. The summed E-state index contributed by atoms with van der Waals surface area (Å²) < 4.78 is 1.80. The lowest BCUT2D eigenvalue weighted by Gasteiger charge is -2.09. The number of H-pyrrole nitrogens is 1. The monoisotopic (exact) mass is 306 g/mol. The highest BCUT2D eigenvalue weighted by atomic mass is 16.3. The van der Waals surface area contributed by atoms with Crippen molar-refractivity contribution in [1.82, 2.24) is 24.6 Å². The van der Waals surface area contributed by atoms with Gasteiger partial charge in [-0.3, -0.25) is 0 Å². The minimum Gasteiger partial charge on any atom is -0.494 e. The zero-order valence-electron chi connectivity index (χ0n) is 12.2. The summed E-state index contributed by atoms with van der Waals surface area (Å²) in [5.41, 5.74) is 2.56. The summed E-state index contributed by atoms with van der Waals surface area (Å²) in [6.07, 6.45) is 7.48. The average Bonchev–Trinajstić information content (AvgIpc) is 3.10. The predicted molar refractivity (Wildman–Crippen MR) is 86.4 cm³/mol. The van der Waals surface area contributed by atoms with Crippen LogP contribution in [-0.4, -0.2) is 35.7 Å². The van der Waals surface area contributed by atoms with E-state index in [1.54, 1.807) is 23.2 Å². The van der Waals surface area contributed by atoms with Crippen LogP contribution < -0.4 is 5.32 Å². The zero-order valence-corrected chi connectivity index (χ0v) is 12.2. The van der Waals surface area contributed by atoms with E-state index in [4.69, 9.17) is 0 Å². The standard InChI is InChI=1S/C16H14N6O/c23-16-12-4-1-9(5-10(12)6-18-16)13-7-17-14(21-11-2-3-11)15-19-8-20-22(13)15/h1,4-8,11,18,23H,2-3H2,(H,17,21). The molecule has 0 unspecified atom stereocenters. The van der Waals surface area contributed by atoms with Gasteiger partial charge in [0.15, 0.2) is 17.3 Å². The fourth-order valence-corrected chi connectivity index (χ4v) is 2.82. The molecule has 7 heteroatoms. The fourth-order valence-electron chi connectivity index (χ4n) is 2.82. The SMILES string of the molecule is Oc1[nH]cc2cc(-c3cnc(NC4CC4)c4ncnn34)ccc12. The fraction of sp³-hybridized carbons (Fsp3) is 0.188. The molecular weight excluding hydrogens is 292 g/mol. The molecule has 3 aromatic heterocycles. The summed E-state index contributed by atoms with van der Waals surface area (Å²) >= 11 is 0. The molecule has 1 aliphatic carbocycles. The molecule has 0 atom stereocenters. The Morgan fingerprint density at radius 2 is 2.17 bits per heavy atom. The van der Waals surface area contributed by atoms with Gasteiger partial charge in [0.25, 0.3) is 0 Å². The third kappa shape index (κ3) is 1.93. The van der Waals surface area contributed by atoms with Crippen molar-refractivity contribution in [3.63, 3.8) is 0 Å². The molecule has 1 aliphatic rings. The van der Waals surface area contributed by atoms with Gasteiger partial charge in [-0.1, -0.05) is 6.07 Å². The number of fused-ring (bicyclic) bond motifs is 2. The maximum Gasteiger partial charge on any atom is 0.198 e. The second kappa shape index (κ2) is 4.45. The van der Waals surface area contributed by atoms with Gasteiger partial charge in [-0.2, -0.15) is 5.10 Å². The molecule has 5 rings (SSSR count). The van der Waals surface area contributed by atoms with Crippen molar-refractivity contribution in [2.45, 2.75) is 18.9 Å². The molecule has 0 bridgehead atoms. The zero-order chi connectivity index (χ0) is 15.4. The molecule has 4 aromatic rings. The molecule has 3 N–H and O–H groups in total. The topological polar surface area (TPSA) is 91.1 Å². The maximum atomic E-state index is 9.73. The number of aromatic hydroxyl groups is 1. The van der Waals surface area contributed by atoms with Crippen LogP contribution in [0.5, 0.6) is 5.88 Å². The van der Waals surface area contributed by atoms with Crippen molar-refractivity contribution in [2.75, 3.05) is 5.32 Å². The Kier molecular flexibility index (Phi) is 2.41. The molecule has 23 heavy (non-hydrogen) atoms. The molecule has 3 heterocycles. The molecular formula is C16H14N6O. The molecule has 114 valence electrons. The van der Waals surface area contributed by atoms with E-state index in [9.17, 15) is 5.11 Å². The Hall–Kier alpha value is -3.09. The number of nitrogens with zero attached hydrogens (tertiary/aromatic N) is 4. The van der Waals surface area contributed by atoms with Crippen LogP contribution in [0.1, 0.15) is 12.8 Å². The maximum absolute atomic E-state index is 9.73. The quantitative estimate of drug-likeness (QED) is 0.541. The molecule has 7 nitrogen and oxygen atoms in total. The Morgan fingerprint density at radius 3 is 3.04 bits per heavy atom. The van der Waals surface area contributed by atoms with Gasteiger partial charge in [0.1, 0.15) is 6.33 Å². The van der Waals surface area contributed by atoms with E-state index in [2.05, 4.69) is 25.4 Å². The van der Waals surface area contributed by atoms with E-state index in [1.807, 2.05) is 18.2 Å². The summed E-state index contributed by atoms with van der Waals surface area (Å²) in [7, 11) is 0. The Labute approximate surface area is 131 Å². The number of benzene rings is 1. The van der Waals surface area contributed by atoms with Gasteiger partial charge in [-0.25, -0.2) is 14.5 Å². The van der Waals surface area contributed by atoms with Crippen LogP contribution in [0, 0.1) is 0 Å². The summed E-state index contributed by atoms with van der Waals surface area (Å²) in [6.45, 7) is 0. The largest absolute Gasteiger partial charge is 0.494 e. The lowest BCUT2D eigenvalue weighted by Crippen LogP contribution is -2.07. The second-order valence-corrected chi connectivity index (χ2v) is 5.85. The molecule has 0 saturated heterocycles. The van der Waals surface area contributed by atoms with E-state index in [1.165, 1.54) is 12.8 Å². The number of anilines is 1. The molecule has 0 spiro atoms. The van der Waals surface area contributed by atoms with Crippen molar-refractivity contribution >= 4 is 22.2 Å². The van der Waals surface area contributed by atoms with E-state index in [0.29, 0.717) is 6.04 Å². The van der Waals surface area contributed by atoms with Gasteiger partial charge in [-0.05, 0) is 25.0 Å². The second-order valence-electron chi connectivity index (χ2n) is 5.85. The van der Waals surface area contributed by atoms with Crippen molar-refractivity contribution in [1.29, 1.82) is 0 Å². The number of aromatic amines is 1. The average molecular weight is 306 g/mol. The van der Waals surface area contributed by atoms with Gasteiger partial charge >= 0.3 is 0 Å². The first-order valence-electron chi connectivity index (χ1n) is 7.55. The lowest BCUT2D eigenvalue weighted by atomic mass is 10.1. The first-order valence-corrected chi connectivity index (χ1v) is 7.55. The van der Waals surface area contributed by atoms with Crippen LogP contribution in [0.15, 0.2) is 36.9 Å². The first-order chi connectivity index (χ1) is 11.3. The van der Waals surface area contributed by atoms with Gasteiger partial charge < -0.3 is 15.4 Å². The highest BCUT2D eigenvalue weighted by molar-refractivity contribution is 5.91. The van der Waals surface area contributed by atoms with E-state index >= 15 is 0 Å². The van der Waals surface area contributed by atoms with Crippen molar-refractivity contribution < 1.29 is 5.11 Å². The number of rotatable bonds is 3. The minimum absolute atomic E-state index is 0.180. The predicted octanol–water partition coefficient (Wildman–Crippen LogP) is 2.55.